The smallest absolute Gasteiger partial charge is 0.407 e. The predicted molar refractivity (Wildman–Crippen MR) is 144 cm³/mol. The van der Waals surface area contributed by atoms with Gasteiger partial charge in [0.05, 0.1) is 23.3 Å². The molecule has 1 amide bonds. The molecule has 0 saturated heterocycles. The number of nitrogens with one attached hydrogen (secondary N) is 1. The molecule has 3 rings (SSSR count). The molecule has 1 unspecified atom stereocenters. The highest BCUT2D eigenvalue weighted by Gasteiger charge is 2.33. The summed E-state index contributed by atoms with van der Waals surface area (Å²) in [5, 5.41) is 3.63. The van der Waals surface area contributed by atoms with Crippen molar-refractivity contribution >= 4 is 27.1 Å². The van der Waals surface area contributed by atoms with E-state index in [-0.39, 0.29) is 23.9 Å². The van der Waals surface area contributed by atoms with Crippen LogP contribution in [0.3, 0.4) is 0 Å². The van der Waals surface area contributed by atoms with Crippen LogP contribution in [0.25, 0.3) is 11.0 Å². The zero-order valence-corrected chi connectivity index (χ0v) is 23.2. The Morgan fingerprint density at radius 3 is 2.38 bits per heavy atom. The van der Waals surface area contributed by atoms with E-state index >= 15 is 0 Å². The van der Waals surface area contributed by atoms with E-state index in [1.54, 1.807) is 45.0 Å². The van der Waals surface area contributed by atoms with Crippen molar-refractivity contribution < 1.29 is 27.1 Å². The minimum atomic E-state index is -3.87. The van der Waals surface area contributed by atoms with Crippen molar-refractivity contribution in [1.29, 1.82) is 0 Å². The van der Waals surface area contributed by atoms with Crippen LogP contribution >= 0.6 is 0 Å². The summed E-state index contributed by atoms with van der Waals surface area (Å²) in [6.45, 7) is 9.64. The van der Waals surface area contributed by atoms with Crippen molar-refractivity contribution in [2.24, 2.45) is 5.92 Å². The average Bonchev–Trinajstić information content (AvgIpc) is 3.28. The molecule has 0 spiro atoms. The number of alkyl carbamates (subject to hydrolysis) is 1. The van der Waals surface area contributed by atoms with E-state index in [0.29, 0.717) is 17.4 Å². The number of hydrogen-bond acceptors (Lipinski definition) is 6. The Hall–Kier alpha value is -2.88. The molecule has 0 aliphatic heterocycles. The van der Waals surface area contributed by atoms with Gasteiger partial charge in [-0.05, 0) is 62.9 Å². The van der Waals surface area contributed by atoms with Gasteiger partial charge in [0.15, 0.2) is 0 Å². The van der Waals surface area contributed by atoms with E-state index in [1.165, 1.54) is 17.7 Å². The molecule has 0 aliphatic carbocycles. The summed E-state index contributed by atoms with van der Waals surface area (Å²) in [7, 11) is -2.34. The molecule has 1 heterocycles. The summed E-state index contributed by atoms with van der Waals surface area (Å²) in [6.07, 6.45) is 0.748. The lowest BCUT2D eigenvalue weighted by Crippen LogP contribution is -2.52. The number of fused-ring (bicyclic) bond motifs is 1. The molecular weight excluding hydrogens is 492 g/mol. The maximum atomic E-state index is 13.8. The minimum Gasteiger partial charge on any atom is -0.464 e. The molecule has 0 aliphatic rings. The van der Waals surface area contributed by atoms with Crippen LogP contribution in [0, 0.1) is 5.92 Å². The van der Waals surface area contributed by atoms with E-state index < -0.39 is 33.9 Å². The number of hydrogen-bond donors (Lipinski definition) is 1. The number of benzene rings is 2. The maximum Gasteiger partial charge on any atom is 0.407 e. The van der Waals surface area contributed by atoms with Crippen LogP contribution in [0.1, 0.15) is 40.2 Å². The number of ether oxygens (including phenoxy) is 2. The first-order valence-corrected chi connectivity index (χ1v) is 13.9. The summed E-state index contributed by atoms with van der Waals surface area (Å²) in [5.74, 6) is 0.0660. The van der Waals surface area contributed by atoms with Gasteiger partial charge in [-0.3, -0.25) is 0 Å². The van der Waals surface area contributed by atoms with Crippen LogP contribution in [-0.2, 0) is 25.9 Å². The zero-order valence-electron chi connectivity index (χ0n) is 22.4. The molecule has 1 aromatic heterocycles. The number of carbonyl (C=O) groups excluding carboxylic acids is 1. The number of amides is 1. The van der Waals surface area contributed by atoms with Gasteiger partial charge in [-0.15, -0.1) is 0 Å². The Bertz CT molecular complexity index is 1260. The Kier molecular flexibility index (Phi) is 9.39. The Morgan fingerprint density at radius 2 is 1.76 bits per heavy atom. The van der Waals surface area contributed by atoms with Crippen LogP contribution in [0.15, 0.2) is 70.2 Å². The van der Waals surface area contributed by atoms with Gasteiger partial charge in [0, 0.05) is 25.6 Å². The number of rotatable bonds is 11. The van der Waals surface area contributed by atoms with Gasteiger partial charge in [-0.25, -0.2) is 13.2 Å². The molecule has 0 saturated carbocycles. The molecule has 0 fully saturated rings. The maximum absolute atomic E-state index is 13.8. The van der Waals surface area contributed by atoms with E-state index in [1.807, 2.05) is 44.2 Å². The van der Waals surface area contributed by atoms with Crippen molar-refractivity contribution in [1.82, 2.24) is 9.62 Å². The van der Waals surface area contributed by atoms with Gasteiger partial charge < -0.3 is 19.2 Å². The van der Waals surface area contributed by atoms with Gasteiger partial charge in [0.1, 0.15) is 11.2 Å². The van der Waals surface area contributed by atoms with Crippen LogP contribution in [-0.4, -0.2) is 56.8 Å². The lowest BCUT2D eigenvalue weighted by molar-refractivity contribution is 0.0278. The van der Waals surface area contributed by atoms with E-state index in [4.69, 9.17) is 13.9 Å². The standard InChI is InChI=1S/C28H38N2O6S/c1-20(2)18-30(37(32,33)23-12-13-25-22(17-23)14-15-35-25)19-26(34-6)24(16-21-10-8-7-9-11-21)29-27(31)36-28(3,4)5/h7-15,17,20,24,26H,16,18-19H2,1-6H3,(H,29,31)/t24?,26-/m1/s1. The SMILES string of the molecule is CO[C@H](CN(CC(C)C)S(=O)(=O)c1ccc2occc2c1)C(Cc1ccccc1)NC(=O)OC(C)(C)C. The third-order valence-corrected chi connectivity index (χ3v) is 7.59. The van der Waals surface area contributed by atoms with Crippen LogP contribution in [0.2, 0.25) is 0 Å². The summed E-state index contributed by atoms with van der Waals surface area (Å²) < 4.78 is 45.7. The molecule has 1 N–H and O–H groups in total. The highest BCUT2D eigenvalue weighted by molar-refractivity contribution is 7.89. The second kappa shape index (κ2) is 12.1. The molecule has 0 radical (unpaired) electrons. The number of nitrogens with zero attached hydrogens (tertiary/aromatic N) is 1. The highest BCUT2D eigenvalue weighted by atomic mass is 32.2. The first kappa shape index (κ1) is 28.7. The first-order valence-electron chi connectivity index (χ1n) is 12.4. The fraction of sp³-hybridized carbons (Fsp3) is 0.464. The number of methoxy groups -OCH3 is 1. The molecular formula is C28H38N2O6S. The molecule has 9 heteroatoms. The molecule has 0 bridgehead atoms. The average molecular weight is 531 g/mol. The summed E-state index contributed by atoms with van der Waals surface area (Å²) in [6, 6.07) is 15.7. The fourth-order valence-corrected chi connectivity index (χ4v) is 5.75. The molecule has 202 valence electrons. The Labute approximate surface area is 220 Å². The third-order valence-electron chi connectivity index (χ3n) is 5.77. The Morgan fingerprint density at radius 1 is 1.05 bits per heavy atom. The van der Waals surface area contributed by atoms with Gasteiger partial charge in [0.25, 0.3) is 0 Å². The number of furan rings is 1. The second-order valence-electron chi connectivity index (χ2n) is 10.6. The molecule has 8 nitrogen and oxygen atoms in total. The summed E-state index contributed by atoms with van der Waals surface area (Å²) in [5.41, 5.74) is 0.922. The largest absolute Gasteiger partial charge is 0.464 e. The summed E-state index contributed by atoms with van der Waals surface area (Å²) >= 11 is 0. The molecule has 3 aromatic rings. The molecule has 2 aromatic carbocycles. The van der Waals surface area contributed by atoms with Crippen LogP contribution in [0.4, 0.5) is 4.79 Å². The molecule has 37 heavy (non-hydrogen) atoms. The van der Waals surface area contributed by atoms with Gasteiger partial charge in [-0.1, -0.05) is 44.2 Å². The van der Waals surface area contributed by atoms with Gasteiger partial charge >= 0.3 is 6.09 Å². The minimum absolute atomic E-state index is 0.0493. The van der Waals surface area contributed by atoms with Crippen molar-refractivity contribution in [2.75, 3.05) is 20.2 Å². The Balaban J connectivity index is 1.92. The molecule has 2 atom stereocenters. The second-order valence-corrected chi connectivity index (χ2v) is 12.5. The van der Waals surface area contributed by atoms with E-state index in [9.17, 15) is 13.2 Å². The van der Waals surface area contributed by atoms with Crippen molar-refractivity contribution in [3.8, 4) is 0 Å². The van der Waals surface area contributed by atoms with Gasteiger partial charge in [-0.2, -0.15) is 4.31 Å². The normalized spacial score (nSPS) is 14.2. The highest BCUT2D eigenvalue weighted by Crippen LogP contribution is 2.24. The fourth-order valence-electron chi connectivity index (χ4n) is 4.10. The van der Waals surface area contributed by atoms with Crippen molar-refractivity contribution in [2.45, 2.75) is 63.7 Å². The third kappa shape index (κ3) is 8.05. The van der Waals surface area contributed by atoms with Crippen LogP contribution < -0.4 is 5.32 Å². The van der Waals surface area contributed by atoms with Crippen molar-refractivity contribution in [3.63, 3.8) is 0 Å². The number of carbonyl (C=O) groups is 1. The topological polar surface area (TPSA) is 98.1 Å². The predicted octanol–water partition coefficient (Wildman–Crippen LogP) is 5.23. The lowest BCUT2D eigenvalue weighted by atomic mass is 10.0. The van der Waals surface area contributed by atoms with E-state index in [2.05, 4.69) is 5.32 Å². The monoisotopic (exact) mass is 530 g/mol. The van der Waals surface area contributed by atoms with Crippen LogP contribution in [0.5, 0.6) is 0 Å². The number of sulfonamides is 1. The quantitative estimate of drug-likeness (QED) is 0.365. The summed E-state index contributed by atoms with van der Waals surface area (Å²) in [4.78, 5) is 12.9. The van der Waals surface area contributed by atoms with E-state index in [0.717, 1.165) is 5.56 Å². The van der Waals surface area contributed by atoms with Gasteiger partial charge in [0.2, 0.25) is 10.0 Å². The lowest BCUT2D eigenvalue weighted by Gasteiger charge is -2.33. The zero-order chi connectivity index (χ0) is 27.2. The van der Waals surface area contributed by atoms with Crippen molar-refractivity contribution in [3.05, 3.63) is 66.4 Å². The first-order chi connectivity index (χ1) is 17.4.